The van der Waals surface area contributed by atoms with Gasteiger partial charge in [0.05, 0.1) is 6.54 Å². The van der Waals surface area contributed by atoms with Gasteiger partial charge in [-0.25, -0.2) is 19.4 Å². The maximum absolute atomic E-state index is 12.3. The molecule has 0 radical (unpaired) electrons. The normalized spacial score (nSPS) is 16.5. The van der Waals surface area contributed by atoms with E-state index in [1.54, 1.807) is 11.8 Å². The molecule has 0 fully saturated rings. The number of nitrogens with one attached hydrogen (secondary N) is 1. The molecule has 0 spiro atoms. The molecule has 1 aliphatic heterocycles. The highest BCUT2D eigenvalue weighted by Crippen LogP contribution is 2.14. The van der Waals surface area contributed by atoms with E-state index in [0.717, 1.165) is 12.2 Å². The fourth-order valence-electron chi connectivity index (χ4n) is 2.63. The number of aromatic carboxylic acids is 1. The average molecular weight is 331 g/mol. The van der Waals surface area contributed by atoms with Crippen LogP contribution in [-0.2, 0) is 24.3 Å². The lowest BCUT2D eigenvalue weighted by atomic mass is 10.1. The number of amides is 1. The number of hydrogen-bond donors (Lipinski definition) is 2. The van der Waals surface area contributed by atoms with E-state index < -0.39 is 5.97 Å². The SMILES string of the molecule is COCc1nc2n(n1)CC(NC(=O)c1ccnc(C(=O)O)c1)CC2. The van der Waals surface area contributed by atoms with Crippen LogP contribution in [0.25, 0.3) is 0 Å². The molecule has 0 saturated heterocycles. The highest BCUT2D eigenvalue weighted by molar-refractivity contribution is 5.96. The van der Waals surface area contributed by atoms with Crippen LogP contribution in [0.15, 0.2) is 18.3 Å². The third-order valence-corrected chi connectivity index (χ3v) is 3.75. The summed E-state index contributed by atoms with van der Waals surface area (Å²) >= 11 is 0. The molecule has 0 bridgehead atoms. The Kier molecular flexibility index (Phi) is 4.52. The zero-order valence-corrected chi connectivity index (χ0v) is 13.1. The fourth-order valence-corrected chi connectivity index (χ4v) is 2.63. The number of hydrogen-bond acceptors (Lipinski definition) is 6. The van der Waals surface area contributed by atoms with E-state index in [9.17, 15) is 9.59 Å². The number of carbonyl (C=O) groups is 2. The van der Waals surface area contributed by atoms with E-state index in [-0.39, 0.29) is 23.2 Å². The van der Waals surface area contributed by atoms with Gasteiger partial charge in [0.2, 0.25) is 0 Å². The minimum atomic E-state index is -1.17. The lowest BCUT2D eigenvalue weighted by Gasteiger charge is -2.23. The number of aromatic nitrogens is 4. The summed E-state index contributed by atoms with van der Waals surface area (Å²) < 4.78 is 6.80. The smallest absolute Gasteiger partial charge is 0.354 e. The molecule has 1 amide bonds. The van der Waals surface area contributed by atoms with Crippen molar-refractivity contribution in [1.29, 1.82) is 0 Å². The van der Waals surface area contributed by atoms with E-state index in [1.165, 1.54) is 18.3 Å². The highest BCUT2D eigenvalue weighted by Gasteiger charge is 2.23. The van der Waals surface area contributed by atoms with E-state index in [1.807, 2.05) is 0 Å². The van der Waals surface area contributed by atoms with Gasteiger partial charge >= 0.3 is 5.97 Å². The molecule has 1 atom stereocenters. The molecular formula is C15H17N5O4. The summed E-state index contributed by atoms with van der Waals surface area (Å²) in [5, 5.41) is 16.2. The van der Waals surface area contributed by atoms with E-state index in [2.05, 4.69) is 20.4 Å². The predicted octanol–water partition coefficient (Wildman–Crippen LogP) is 0.262. The van der Waals surface area contributed by atoms with Crippen molar-refractivity contribution in [2.45, 2.75) is 32.0 Å². The molecular weight excluding hydrogens is 314 g/mol. The number of carboxylic acids is 1. The minimum absolute atomic E-state index is 0.0939. The molecule has 2 N–H and O–H groups in total. The van der Waals surface area contributed by atoms with Gasteiger partial charge in [-0.1, -0.05) is 0 Å². The van der Waals surface area contributed by atoms with Crippen LogP contribution in [-0.4, -0.2) is 49.9 Å². The zero-order chi connectivity index (χ0) is 17.1. The van der Waals surface area contributed by atoms with Gasteiger partial charge in [0.15, 0.2) is 5.82 Å². The quantitative estimate of drug-likeness (QED) is 0.806. The number of ether oxygens (including phenoxy) is 1. The summed E-state index contributed by atoms with van der Waals surface area (Å²) in [6, 6.07) is 2.66. The Morgan fingerprint density at radius 1 is 1.50 bits per heavy atom. The molecule has 9 heteroatoms. The van der Waals surface area contributed by atoms with Crippen LogP contribution in [0.1, 0.15) is 38.9 Å². The van der Waals surface area contributed by atoms with Gasteiger partial charge < -0.3 is 15.2 Å². The van der Waals surface area contributed by atoms with Crippen molar-refractivity contribution in [3.05, 3.63) is 41.2 Å². The van der Waals surface area contributed by atoms with Crippen LogP contribution in [0.4, 0.5) is 0 Å². The number of rotatable bonds is 5. The lowest BCUT2D eigenvalue weighted by molar-refractivity contribution is 0.0690. The lowest BCUT2D eigenvalue weighted by Crippen LogP contribution is -2.41. The second kappa shape index (κ2) is 6.75. The van der Waals surface area contributed by atoms with Crippen molar-refractivity contribution < 1.29 is 19.4 Å². The predicted molar refractivity (Wildman–Crippen MR) is 81.5 cm³/mol. The molecule has 2 aromatic rings. The van der Waals surface area contributed by atoms with Crippen LogP contribution in [0, 0.1) is 0 Å². The highest BCUT2D eigenvalue weighted by atomic mass is 16.5. The molecule has 0 aliphatic carbocycles. The van der Waals surface area contributed by atoms with E-state index in [0.29, 0.717) is 25.4 Å². The summed E-state index contributed by atoms with van der Waals surface area (Å²) in [4.78, 5) is 31.3. The number of fused-ring (bicyclic) bond motifs is 1. The molecule has 3 rings (SSSR count). The first-order chi connectivity index (χ1) is 11.6. The molecule has 1 aliphatic rings. The summed E-state index contributed by atoms with van der Waals surface area (Å²) in [6.45, 7) is 0.876. The molecule has 1 unspecified atom stereocenters. The van der Waals surface area contributed by atoms with Crippen LogP contribution < -0.4 is 5.32 Å². The first-order valence-electron chi connectivity index (χ1n) is 7.48. The Balaban J connectivity index is 1.67. The molecule has 24 heavy (non-hydrogen) atoms. The van der Waals surface area contributed by atoms with Crippen molar-refractivity contribution in [2.24, 2.45) is 0 Å². The van der Waals surface area contributed by atoms with Gasteiger partial charge in [0.25, 0.3) is 5.91 Å². The Hall–Kier alpha value is -2.81. The fraction of sp³-hybridized carbons (Fsp3) is 0.400. The zero-order valence-electron chi connectivity index (χ0n) is 13.1. The monoisotopic (exact) mass is 331 g/mol. The molecule has 126 valence electrons. The summed E-state index contributed by atoms with van der Waals surface area (Å²) in [5.41, 5.74) is 0.112. The Morgan fingerprint density at radius 2 is 2.33 bits per heavy atom. The van der Waals surface area contributed by atoms with E-state index >= 15 is 0 Å². The van der Waals surface area contributed by atoms with Gasteiger partial charge in [0, 0.05) is 31.3 Å². The summed E-state index contributed by atoms with van der Waals surface area (Å²) in [6.07, 6.45) is 2.76. The minimum Gasteiger partial charge on any atom is -0.477 e. The van der Waals surface area contributed by atoms with Crippen molar-refractivity contribution in [3.63, 3.8) is 0 Å². The largest absolute Gasteiger partial charge is 0.477 e. The Labute approximate surface area is 137 Å². The number of methoxy groups -OCH3 is 1. The summed E-state index contributed by atoms with van der Waals surface area (Å²) in [7, 11) is 1.59. The first kappa shape index (κ1) is 16.1. The second-order valence-electron chi connectivity index (χ2n) is 5.50. The van der Waals surface area contributed by atoms with Gasteiger partial charge in [-0.05, 0) is 18.6 Å². The van der Waals surface area contributed by atoms with Crippen LogP contribution in [0.5, 0.6) is 0 Å². The maximum Gasteiger partial charge on any atom is 0.354 e. The molecule has 3 heterocycles. The van der Waals surface area contributed by atoms with E-state index in [4.69, 9.17) is 9.84 Å². The third-order valence-electron chi connectivity index (χ3n) is 3.75. The van der Waals surface area contributed by atoms with Gasteiger partial charge in [-0.2, -0.15) is 5.10 Å². The molecule has 9 nitrogen and oxygen atoms in total. The molecule has 0 saturated carbocycles. The molecule has 2 aromatic heterocycles. The first-order valence-corrected chi connectivity index (χ1v) is 7.48. The van der Waals surface area contributed by atoms with Crippen molar-refractivity contribution in [1.82, 2.24) is 25.1 Å². The third kappa shape index (κ3) is 3.40. The summed E-state index contributed by atoms with van der Waals surface area (Å²) in [5.74, 6) is 0.00941. The molecule has 0 aromatic carbocycles. The van der Waals surface area contributed by atoms with Crippen LogP contribution >= 0.6 is 0 Å². The van der Waals surface area contributed by atoms with Gasteiger partial charge in [0.1, 0.15) is 18.1 Å². The van der Waals surface area contributed by atoms with Crippen LogP contribution in [0.3, 0.4) is 0 Å². The van der Waals surface area contributed by atoms with Crippen molar-refractivity contribution in [3.8, 4) is 0 Å². The number of aryl methyl sites for hydroxylation is 1. The van der Waals surface area contributed by atoms with Crippen LogP contribution in [0.2, 0.25) is 0 Å². The second-order valence-corrected chi connectivity index (χ2v) is 5.50. The number of nitrogens with zero attached hydrogens (tertiary/aromatic N) is 4. The van der Waals surface area contributed by atoms with Crippen molar-refractivity contribution in [2.75, 3.05) is 7.11 Å². The number of pyridine rings is 1. The maximum atomic E-state index is 12.3. The Bertz CT molecular complexity index is 773. The number of carbonyl (C=O) groups excluding carboxylic acids is 1. The van der Waals surface area contributed by atoms with Crippen molar-refractivity contribution >= 4 is 11.9 Å². The van der Waals surface area contributed by atoms with Gasteiger partial charge in [-0.3, -0.25) is 4.79 Å². The Morgan fingerprint density at radius 3 is 3.08 bits per heavy atom. The standard InChI is InChI=1S/C15H17N5O4/c1-24-8-12-18-13-3-2-10(7-20(13)19-12)17-14(21)9-4-5-16-11(6-9)15(22)23/h4-6,10H,2-3,7-8H2,1H3,(H,17,21)(H,22,23). The van der Waals surface area contributed by atoms with Gasteiger partial charge in [-0.15, -0.1) is 0 Å². The average Bonchev–Trinajstić information content (AvgIpc) is 2.97. The number of carboxylic acid groups (broad SMARTS) is 1. The topological polar surface area (TPSA) is 119 Å².